The Bertz CT molecular complexity index is 1110. The third kappa shape index (κ3) is 3.70. The first-order chi connectivity index (χ1) is 14.0. The van der Waals surface area contributed by atoms with Crippen LogP contribution in [0.2, 0.25) is 0 Å². The minimum Gasteiger partial charge on any atom is -0.316 e. The normalized spacial score (nSPS) is 11.6. The summed E-state index contributed by atoms with van der Waals surface area (Å²) in [6, 6.07) is 24.3. The van der Waals surface area contributed by atoms with E-state index in [1.165, 1.54) is 43.4 Å². The Labute approximate surface area is 178 Å². The predicted molar refractivity (Wildman–Crippen MR) is 127 cm³/mol. The molecule has 148 valence electrons. The fraction of sp³-hybridized carbons (Fsp3) is 0.259. The van der Waals surface area contributed by atoms with Crippen molar-refractivity contribution in [1.82, 2.24) is 4.57 Å². The zero-order valence-electron chi connectivity index (χ0n) is 17.9. The number of benzene rings is 2. The van der Waals surface area contributed by atoms with E-state index in [1.807, 2.05) is 11.3 Å². The minimum atomic E-state index is 0.423. The Morgan fingerprint density at radius 3 is 2.14 bits per heavy atom. The van der Waals surface area contributed by atoms with Crippen LogP contribution < -0.4 is 0 Å². The Morgan fingerprint density at radius 1 is 0.759 bits per heavy atom. The maximum absolute atomic E-state index is 2.41. The van der Waals surface area contributed by atoms with Crippen LogP contribution in [0.4, 0.5) is 0 Å². The predicted octanol–water partition coefficient (Wildman–Crippen LogP) is 8.43. The maximum Gasteiger partial charge on any atom is 0.0531 e. The monoisotopic (exact) mass is 399 g/mol. The summed E-state index contributed by atoms with van der Waals surface area (Å²) in [5.74, 6) is 0.875. The van der Waals surface area contributed by atoms with Crippen molar-refractivity contribution in [3.8, 4) is 27.4 Å². The van der Waals surface area contributed by atoms with Crippen LogP contribution >= 0.6 is 11.3 Å². The molecule has 0 aliphatic rings. The molecule has 0 saturated carbocycles. The zero-order valence-corrected chi connectivity index (χ0v) is 18.8. The van der Waals surface area contributed by atoms with Crippen molar-refractivity contribution in [2.24, 2.45) is 0 Å². The third-order valence-corrected chi connectivity index (χ3v) is 6.55. The second-order valence-electron chi connectivity index (χ2n) is 8.31. The lowest BCUT2D eigenvalue weighted by Crippen LogP contribution is -2.09. The van der Waals surface area contributed by atoms with Crippen LogP contribution in [-0.4, -0.2) is 4.57 Å². The molecule has 0 aliphatic carbocycles. The van der Waals surface area contributed by atoms with Crippen molar-refractivity contribution in [2.75, 3.05) is 0 Å². The highest BCUT2D eigenvalue weighted by atomic mass is 32.1. The minimum absolute atomic E-state index is 0.423. The lowest BCUT2D eigenvalue weighted by molar-refractivity contribution is 0.810. The number of nitrogens with zero attached hydrogens (tertiary/aromatic N) is 1. The summed E-state index contributed by atoms with van der Waals surface area (Å²) in [7, 11) is 0. The summed E-state index contributed by atoms with van der Waals surface area (Å²) in [4.78, 5) is 2.71. The molecule has 0 saturated heterocycles. The molecule has 0 atom stereocenters. The Kier molecular flexibility index (Phi) is 5.47. The average molecular weight is 400 g/mol. The van der Waals surface area contributed by atoms with Gasteiger partial charge in [0.15, 0.2) is 0 Å². The second kappa shape index (κ2) is 8.04. The van der Waals surface area contributed by atoms with Crippen LogP contribution in [0.1, 0.15) is 55.5 Å². The van der Waals surface area contributed by atoms with Crippen LogP contribution in [0.5, 0.6) is 0 Å². The Balaban J connectivity index is 2.04. The van der Waals surface area contributed by atoms with Gasteiger partial charge in [-0.25, -0.2) is 0 Å². The maximum atomic E-state index is 2.41. The van der Waals surface area contributed by atoms with Crippen molar-refractivity contribution in [3.05, 3.63) is 88.9 Å². The quantitative estimate of drug-likeness (QED) is 0.317. The van der Waals surface area contributed by atoms with Crippen molar-refractivity contribution in [1.29, 1.82) is 0 Å². The molecule has 0 fully saturated rings. The third-order valence-electron chi connectivity index (χ3n) is 5.51. The molecule has 2 heteroatoms. The van der Waals surface area contributed by atoms with Gasteiger partial charge >= 0.3 is 0 Å². The molecule has 0 bridgehead atoms. The molecule has 2 heterocycles. The highest BCUT2D eigenvalue weighted by Gasteiger charge is 2.22. The van der Waals surface area contributed by atoms with Gasteiger partial charge in [0.2, 0.25) is 0 Å². The second-order valence-corrected chi connectivity index (χ2v) is 9.60. The van der Waals surface area contributed by atoms with Gasteiger partial charge in [0.25, 0.3) is 0 Å². The zero-order chi connectivity index (χ0) is 20.5. The molecule has 29 heavy (non-hydrogen) atoms. The van der Waals surface area contributed by atoms with Gasteiger partial charge in [0.1, 0.15) is 0 Å². The number of aryl methyl sites for hydroxylation is 1. The van der Waals surface area contributed by atoms with E-state index in [-0.39, 0.29) is 0 Å². The number of hydrogen-bond donors (Lipinski definition) is 0. The van der Waals surface area contributed by atoms with Gasteiger partial charge in [-0.3, -0.25) is 0 Å². The van der Waals surface area contributed by atoms with Crippen LogP contribution in [0.25, 0.3) is 27.4 Å². The first-order valence-electron chi connectivity index (χ1n) is 10.4. The molecule has 1 nitrogen and oxygen atoms in total. The standard InChI is InChI=1S/C27H29NS/c1-18(2)22-14-15-23(25-16-13-20(5)29-25)26(19(3)4)27(22)28-17-9-12-24(28)21-10-7-6-8-11-21/h6-19H,1-5H3. The van der Waals surface area contributed by atoms with Crippen LogP contribution in [0.3, 0.4) is 0 Å². The molecule has 2 aromatic carbocycles. The average Bonchev–Trinajstić information content (AvgIpc) is 3.36. The van der Waals surface area contributed by atoms with Crippen molar-refractivity contribution in [3.63, 3.8) is 0 Å². The lowest BCUT2D eigenvalue weighted by atomic mass is 9.88. The van der Waals surface area contributed by atoms with E-state index in [4.69, 9.17) is 0 Å². The topological polar surface area (TPSA) is 4.93 Å². The summed E-state index contributed by atoms with van der Waals surface area (Å²) in [5.41, 5.74) is 8.05. The first kappa shape index (κ1) is 19.7. The molecule has 0 N–H and O–H groups in total. The van der Waals surface area contributed by atoms with E-state index >= 15 is 0 Å². The lowest BCUT2D eigenvalue weighted by Gasteiger charge is -2.25. The highest BCUT2D eigenvalue weighted by Crippen LogP contribution is 2.42. The van der Waals surface area contributed by atoms with Gasteiger partial charge in [-0.1, -0.05) is 70.2 Å². The molecule has 0 unspecified atom stereocenters. The smallest absolute Gasteiger partial charge is 0.0531 e. The van der Waals surface area contributed by atoms with E-state index in [1.54, 1.807) is 0 Å². The fourth-order valence-electron chi connectivity index (χ4n) is 4.16. The molecule has 0 radical (unpaired) electrons. The van der Waals surface area contributed by atoms with Crippen molar-refractivity contribution >= 4 is 11.3 Å². The Hall–Kier alpha value is -2.58. The summed E-state index contributed by atoms with van der Waals surface area (Å²) >= 11 is 1.88. The van der Waals surface area contributed by atoms with Gasteiger partial charge in [0.05, 0.1) is 11.4 Å². The molecule has 0 amide bonds. The molecule has 0 aliphatic heterocycles. The van der Waals surface area contributed by atoms with Crippen LogP contribution in [0, 0.1) is 6.92 Å². The van der Waals surface area contributed by atoms with Gasteiger partial charge in [-0.15, -0.1) is 11.3 Å². The number of thiophene rings is 1. The molecule has 0 spiro atoms. The summed E-state index contributed by atoms with van der Waals surface area (Å²) in [6.07, 6.45) is 2.22. The van der Waals surface area contributed by atoms with Gasteiger partial charge in [-0.2, -0.15) is 0 Å². The van der Waals surface area contributed by atoms with E-state index < -0.39 is 0 Å². The number of aromatic nitrogens is 1. The van der Waals surface area contributed by atoms with Gasteiger partial charge in [0, 0.05) is 16.0 Å². The summed E-state index contributed by atoms with van der Waals surface area (Å²) in [6.45, 7) is 11.4. The van der Waals surface area contributed by atoms with E-state index in [9.17, 15) is 0 Å². The van der Waals surface area contributed by atoms with Crippen molar-refractivity contribution < 1.29 is 0 Å². The van der Waals surface area contributed by atoms with Crippen LogP contribution in [0.15, 0.2) is 72.9 Å². The Morgan fingerprint density at radius 2 is 1.52 bits per heavy atom. The molecule has 4 rings (SSSR count). The van der Waals surface area contributed by atoms with Crippen LogP contribution in [-0.2, 0) is 0 Å². The molecular weight excluding hydrogens is 370 g/mol. The highest BCUT2D eigenvalue weighted by molar-refractivity contribution is 7.15. The van der Waals surface area contributed by atoms with E-state index in [2.05, 4.69) is 112 Å². The van der Waals surface area contributed by atoms with Gasteiger partial charge < -0.3 is 4.57 Å². The summed E-state index contributed by atoms with van der Waals surface area (Å²) < 4.78 is 2.41. The number of rotatable bonds is 5. The van der Waals surface area contributed by atoms with Crippen molar-refractivity contribution in [2.45, 2.75) is 46.5 Å². The largest absolute Gasteiger partial charge is 0.316 e. The molecule has 2 aromatic heterocycles. The first-order valence-corrected chi connectivity index (χ1v) is 11.3. The van der Waals surface area contributed by atoms with Gasteiger partial charge in [-0.05, 0) is 65.3 Å². The summed E-state index contributed by atoms with van der Waals surface area (Å²) in [5, 5.41) is 0. The molecule has 4 aromatic rings. The SMILES string of the molecule is Cc1ccc(-c2ccc(C(C)C)c(-n3cccc3-c3ccccc3)c2C(C)C)s1. The fourth-order valence-corrected chi connectivity index (χ4v) is 5.07. The van der Waals surface area contributed by atoms with E-state index in [0.717, 1.165) is 0 Å². The number of hydrogen-bond acceptors (Lipinski definition) is 1. The molecular formula is C27H29NS. The van der Waals surface area contributed by atoms with E-state index in [0.29, 0.717) is 11.8 Å².